The highest BCUT2D eigenvalue weighted by atomic mass is 79.9. The number of aliphatic hydroxyl groups excluding tert-OH is 1. The highest BCUT2D eigenvalue weighted by molar-refractivity contribution is 9.10. The third-order valence-corrected chi connectivity index (χ3v) is 4.00. The lowest BCUT2D eigenvalue weighted by Gasteiger charge is -2.38. The molecule has 106 valence electrons. The Labute approximate surface area is 122 Å². The summed E-state index contributed by atoms with van der Waals surface area (Å²) in [5.41, 5.74) is 8.12. The van der Waals surface area contributed by atoms with Gasteiger partial charge in [0.1, 0.15) is 0 Å². The van der Waals surface area contributed by atoms with Crippen molar-refractivity contribution in [3.8, 4) is 0 Å². The number of ether oxygens (including phenoxy) is 1. The van der Waals surface area contributed by atoms with Gasteiger partial charge < -0.3 is 20.5 Å². The molecule has 0 bridgehead atoms. The molecule has 19 heavy (non-hydrogen) atoms. The number of nitrogens with two attached hydrogens (primary N) is 1. The van der Waals surface area contributed by atoms with Crippen molar-refractivity contribution >= 4 is 21.6 Å². The minimum Gasteiger partial charge on any atom is -0.394 e. The van der Waals surface area contributed by atoms with E-state index >= 15 is 0 Å². The first kappa shape index (κ1) is 14.8. The summed E-state index contributed by atoms with van der Waals surface area (Å²) < 4.78 is 6.70. The fourth-order valence-electron chi connectivity index (χ4n) is 2.41. The summed E-state index contributed by atoms with van der Waals surface area (Å²) in [5.74, 6) is 0. The zero-order valence-electron chi connectivity index (χ0n) is 11.3. The molecule has 0 aliphatic carbocycles. The van der Waals surface area contributed by atoms with Gasteiger partial charge in [-0.25, -0.2) is 0 Å². The smallest absolute Gasteiger partial charge is 0.0984 e. The standard InChI is InChI=1S/C14H21BrN2O2/c1-9-6-17(7-12(8-18)19-9)14-4-3-11(10(2)16)5-13(14)15/h3-5,9-10,12,18H,6-8,16H2,1-2H3/t9?,10-,12?/m0/s1. The van der Waals surface area contributed by atoms with Crippen LogP contribution in [0.1, 0.15) is 25.5 Å². The summed E-state index contributed by atoms with van der Waals surface area (Å²) in [5, 5.41) is 9.28. The average molecular weight is 329 g/mol. The van der Waals surface area contributed by atoms with E-state index in [0.717, 1.165) is 22.3 Å². The summed E-state index contributed by atoms with van der Waals surface area (Å²) in [7, 11) is 0. The summed E-state index contributed by atoms with van der Waals surface area (Å²) in [6.07, 6.45) is -0.00494. The molecule has 1 aliphatic heterocycles. The van der Waals surface area contributed by atoms with Gasteiger partial charge in [-0.2, -0.15) is 0 Å². The topological polar surface area (TPSA) is 58.7 Å². The van der Waals surface area contributed by atoms with Crippen LogP contribution in [0.2, 0.25) is 0 Å². The largest absolute Gasteiger partial charge is 0.394 e. The molecule has 0 spiro atoms. The average Bonchev–Trinajstić information content (AvgIpc) is 2.37. The molecule has 1 saturated heterocycles. The molecule has 2 rings (SSSR count). The van der Waals surface area contributed by atoms with Gasteiger partial charge in [-0.3, -0.25) is 0 Å². The molecule has 3 N–H and O–H groups in total. The van der Waals surface area contributed by atoms with Gasteiger partial charge in [-0.15, -0.1) is 0 Å². The summed E-state index contributed by atoms with van der Waals surface area (Å²) in [4.78, 5) is 2.24. The van der Waals surface area contributed by atoms with Crippen LogP contribution in [0.4, 0.5) is 5.69 Å². The van der Waals surface area contributed by atoms with Gasteiger partial charge in [0.05, 0.1) is 24.5 Å². The third-order valence-electron chi connectivity index (χ3n) is 3.37. The van der Waals surface area contributed by atoms with Crippen LogP contribution in [-0.2, 0) is 4.74 Å². The number of nitrogens with zero attached hydrogens (tertiary/aromatic N) is 1. The molecule has 5 heteroatoms. The normalized spacial score (nSPS) is 25.4. The second kappa shape index (κ2) is 6.22. The van der Waals surface area contributed by atoms with Crippen molar-refractivity contribution in [1.82, 2.24) is 0 Å². The molecule has 2 unspecified atom stereocenters. The minimum atomic E-state index is -0.122. The molecule has 1 aliphatic rings. The lowest BCUT2D eigenvalue weighted by Crippen LogP contribution is -2.48. The van der Waals surface area contributed by atoms with Crippen molar-refractivity contribution in [1.29, 1.82) is 0 Å². The molecular formula is C14H21BrN2O2. The van der Waals surface area contributed by atoms with Crippen LogP contribution >= 0.6 is 15.9 Å². The zero-order chi connectivity index (χ0) is 14.0. The van der Waals surface area contributed by atoms with E-state index in [1.54, 1.807) is 0 Å². The predicted molar refractivity (Wildman–Crippen MR) is 80.4 cm³/mol. The molecule has 0 amide bonds. The number of rotatable bonds is 3. The summed E-state index contributed by atoms with van der Waals surface area (Å²) >= 11 is 3.61. The summed E-state index contributed by atoms with van der Waals surface area (Å²) in [6.45, 7) is 5.58. The van der Waals surface area contributed by atoms with Crippen LogP contribution in [0.25, 0.3) is 0 Å². The van der Waals surface area contributed by atoms with Crippen LogP contribution in [-0.4, -0.2) is 37.0 Å². The lowest BCUT2D eigenvalue weighted by atomic mass is 10.1. The second-order valence-electron chi connectivity index (χ2n) is 5.16. The van der Waals surface area contributed by atoms with E-state index in [-0.39, 0.29) is 24.9 Å². The maximum Gasteiger partial charge on any atom is 0.0984 e. The van der Waals surface area contributed by atoms with Crippen LogP contribution in [0.3, 0.4) is 0 Å². The highest BCUT2D eigenvalue weighted by Gasteiger charge is 2.26. The molecule has 0 saturated carbocycles. The van der Waals surface area contributed by atoms with E-state index in [4.69, 9.17) is 10.5 Å². The second-order valence-corrected chi connectivity index (χ2v) is 6.01. The predicted octanol–water partition coefficient (Wildman–Crippen LogP) is 2.05. The van der Waals surface area contributed by atoms with Gasteiger partial charge in [-0.1, -0.05) is 6.07 Å². The number of benzene rings is 1. The van der Waals surface area contributed by atoms with E-state index < -0.39 is 0 Å². The van der Waals surface area contributed by atoms with Crippen molar-refractivity contribution < 1.29 is 9.84 Å². The monoisotopic (exact) mass is 328 g/mol. The first-order valence-corrected chi connectivity index (χ1v) is 7.37. The number of halogens is 1. The van der Waals surface area contributed by atoms with Crippen LogP contribution in [0, 0.1) is 0 Å². The first-order valence-electron chi connectivity index (χ1n) is 6.57. The summed E-state index contributed by atoms with van der Waals surface area (Å²) in [6, 6.07) is 6.22. The molecular weight excluding hydrogens is 308 g/mol. The van der Waals surface area contributed by atoms with E-state index in [2.05, 4.69) is 39.0 Å². The van der Waals surface area contributed by atoms with Gasteiger partial charge in [0.15, 0.2) is 0 Å². The Hall–Kier alpha value is -0.620. The number of hydrogen-bond donors (Lipinski definition) is 2. The highest BCUT2D eigenvalue weighted by Crippen LogP contribution is 2.31. The van der Waals surface area contributed by atoms with E-state index in [9.17, 15) is 5.11 Å². The van der Waals surface area contributed by atoms with Gasteiger partial charge in [0.25, 0.3) is 0 Å². The van der Waals surface area contributed by atoms with Gasteiger partial charge >= 0.3 is 0 Å². The van der Waals surface area contributed by atoms with Crippen LogP contribution < -0.4 is 10.6 Å². The maximum absolute atomic E-state index is 9.28. The Morgan fingerprint density at radius 1 is 1.53 bits per heavy atom. The molecule has 3 atom stereocenters. The zero-order valence-corrected chi connectivity index (χ0v) is 12.9. The first-order chi connectivity index (χ1) is 9.01. The number of anilines is 1. The van der Waals surface area contributed by atoms with E-state index in [1.165, 1.54) is 0 Å². The Balaban J connectivity index is 2.21. The Bertz CT molecular complexity index is 439. The fraction of sp³-hybridized carbons (Fsp3) is 0.571. The SMILES string of the molecule is CC1CN(c2ccc([C@H](C)N)cc2Br)CC(CO)O1. The molecule has 1 fully saturated rings. The molecule has 0 aromatic heterocycles. The molecule has 1 heterocycles. The van der Waals surface area contributed by atoms with Crippen LogP contribution in [0.5, 0.6) is 0 Å². The quantitative estimate of drug-likeness (QED) is 0.891. The number of aliphatic hydroxyl groups is 1. The number of morpholine rings is 1. The van der Waals surface area contributed by atoms with Gasteiger partial charge in [0.2, 0.25) is 0 Å². The molecule has 0 radical (unpaired) electrons. The molecule has 1 aromatic rings. The minimum absolute atomic E-state index is 0.0270. The van der Waals surface area contributed by atoms with E-state index in [1.807, 2.05) is 13.8 Å². The van der Waals surface area contributed by atoms with Crippen molar-refractivity contribution in [2.24, 2.45) is 5.73 Å². The van der Waals surface area contributed by atoms with Crippen LogP contribution in [0.15, 0.2) is 22.7 Å². The lowest BCUT2D eigenvalue weighted by molar-refractivity contribution is -0.0421. The Morgan fingerprint density at radius 3 is 2.84 bits per heavy atom. The van der Waals surface area contributed by atoms with Crippen molar-refractivity contribution in [3.63, 3.8) is 0 Å². The Kier molecular flexibility index (Phi) is 4.84. The fourth-order valence-corrected chi connectivity index (χ4v) is 3.05. The third kappa shape index (κ3) is 3.48. The van der Waals surface area contributed by atoms with Gasteiger partial charge in [0, 0.05) is 23.6 Å². The van der Waals surface area contributed by atoms with Gasteiger partial charge in [-0.05, 0) is 47.5 Å². The van der Waals surface area contributed by atoms with Crippen molar-refractivity contribution in [3.05, 3.63) is 28.2 Å². The molecule has 1 aromatic carbocycles. The maximum atomic E-state index is 9.28. The number of hydrogen-bond acceptors (Lipinski definition) is 4. The van der Waals surface area contributed by atoms with E-state index in [0.29, 0.717) is 6.54 Å². The van der Waals surface area contributed by atoms with Crippen molar-refractivity contribution in [2.75, 3.05) is 24.6 Å². The Morgan fingerprint density at radius 2 is 2.26 bits per heavy atom. The van der Waals surface area contributed by atoms with Crippen molar-refractivity contribution in [2.45, 2.75) is 32.1 Å². The molecule has 4 nitrogen and oxygen atoms in total.